The second-order valence-electron chi connectivity index (χ2n) is 5.91. The molecule has 0 atom stereocenters. The number of urea groups is 1. The summed E-state index contributed by atoms with van der Waals surface area (Å²) in [5, 5.41) is 3.04. The number of hydrogen-bond acceptors (Lipinski definition) is 1. The molecule has 120 valence electrons. The number of nitrogens with one attached hydrogen (secondary N) is 1. The van der Waals surface area contributed by atoms with Gasteiger partial charge in [-0.15, -0.1) is 0 Å². The van der Waals surface area contributed by atoms with Crippen LogP contribution in [0.4, 0.5) is 10.5 Å². The topological polar surface area (TPSA) is 37.3 Å². The first-order valence-electron chi connectivity index (χ1n) is 8.18. The van der Waals surface area contributed by atoms with Gasteiger partial charge in [-0.1, -0.05) is 42.5 Å². The van der Waals surface area contributed by atoms with Crippen LogP contribution < -0.4 is 10.2 Å². The Morgan fingerprint density at radius 1 is 0.917 bits per heavy atom. The van der Waals surface area contributed by atoms with Crippen LogP contribution in [0.5, 0.6) is 0 Å². The lowest BCUT2D eigenvalue weighted by Gasteiger charge is -2.31. The summed E-state index contributed by atoms with van der Waals surface area (Å²) in [6, 6.07) is 22.2. The molecule has 0 unspecified atom stereocenters. The maximum atomic E-state index is 12.7. The highest BCUT2D eigenvalue weighted by Gasteiger charge is 2.25. The third-order valence-corrected chi connectivity index (χ3v) is 4.36. The van der Waals surface area contributed by atoms with Gasteiger partial charge in [-0.3, -0.25) is 4.90 Å². The minimum atomic E-state index is -0.0502. The molecule has 0 bridgehead atoms. The van der Waals surface area contributed by atoms with Crippen molar-refractivity contribution in [3.05, 3.63) is 84.2 Å². The second-order valence-corrected chi connectivity index (χ2v) is 5.91. The fourth-order valence-corrected chi connectivity index (χ4v) is 3.16. The normalized spacial score (nSPS) is 12.4. The number of para-hydroxylation sites is 2. The molecule has 24 heavy (non-hydrogen) atoms. The molecule has 0 radical (unpaired) electrons. The minimum absolute atomic E-state index is 0.0502. The van der Waals surface area contributed by atoms with Crippen LogP contribution in [0.2, 0.25) is 0 Å². The van der Waals surface area contributed by atoms with Gasteiger partial charge < -0.3 is 9.88 Å². The number of anilines is 1. The van der Waals surface area contributed by atoms with Crippen LogP contribution in [0.3, 0.4) is 0 Å². The Bertz CT molecular complexity index is 854. The lowest BCUT2D eigenvalue weighted by Crippen LogP contribution is -2.42. The van der Waals surface area contributed by atoms with Gasteiger partial charge in [-0.2, -0.15) is 0 Å². The van der Waals surface area contributed by atoms with Crippen molar-refractivity contribution in [3.8, 4) is 5.69 Å². The van der Waals surface area contributed by atoms with Crippen molar-refractivity contribution in [3.63, 3.8) is 0 Å². The number of aromatic nitrogens is 1. The summed E-state index contributed by atoms with van der Waals surface area (Å²) in [4.78, 5) is 14.5. The molecule has 2 amide bonds. The minimum Gasteiger partial charge on any atom is -0.337 e. The summed E-state index contributed by atoms with van der Waals surface area (Å²) in [5.41, 5.74) is 4.33. The predicted molar refractivity (Wildman–Crippen MR) is 95.5 cm³/mol. The molecule has 0 spiro atoms. The number of fused-ring (bicyclic) bond motifs is 3. The molecule has 0 saturated carbocycles. The summed E-state index contributed by atoms with van der Waals surface area (Å²) in [5.74, 6) is 0. The van der Waals surface area contributed by atoms with E-state index in [0.717, 1.165) is 23.5 Å². The van der Waals surface area contributed by atoms with E-state index in [1.54, 1.807) is 0 Å². The molecule has 1 N–H and O–H groups in total. The lowest BCUT2D eigenvalue weighted by atomic mass is 10.1. The molecule has 2 heterocycles. The molecule has 0 aliphatic carbocycles. The third kappa shape index (κ3) is 2.67. The predicted octanol–water partition coefficient (Wildman–Crippen LogP) is 3.75. The van der Waals surface area contributed by atoms with E-state index in [0.29, 0.717) is 13.1 Å². The molecule has 4 heteroatoms. The SMILES string of the molecule is O=C(NCCc1ccccc1)N1Cc2cccn2-c2ccccc21. The molecular formula is C20H19N3O. The van der Waals surface area contributed by atoms with E-state index in [1.165, 1.54) is 5.56 Å². The summed E-state index contributed by atoms with van der Waals surface area (Å²) >= 11 is 0. The average Bonchev–Trinajstić information content (AvgIpc) is 3.11. The highest BCUT2D eigenvalue weighted by atomic mass is 16.2. The van der Waals surface area contributed by atoms with E-state index < -0.39 is 0 Å². The maximum Gasteiger partial charge on any atom is 0.322 e. The van der Waals surface area contributed by atoms with Crippen LogP contribution in [-0.4, -0.2) is 17.1 Å². The molecule has 0 saturated heterocycles. The van der Waals surface area contributed by atoms with Gasteiger partial charge in [-0.25, -0.2) is 4.79 Å². The first-order chi connectivity index (χ1) is 11.8. The number of carbonyl (C=O) groups excluding carboxylic acids is 1. The highest BCUT2D eigenvalue weighted by Crippen LogP contribution is 2.31. The smallest absolute Gasteiger partial charge is 0.322 e. The van der Waals surface area contributed by atoms with Crippen molar-refractivity contribution in [1.82, 2.24) is 9.88 Å². The zero-order valence-electron chi connectivity index (χ0n) is 13.4. The van der Waals surface area contributed by atoms with Gasteiger partial charge in [-0.05, 0) is 36.2 Å². The van der Waals surface area contributed by atoms with Crippen LogP contribution in [0.1, 0.15) is 11.3 Å². The second kappa shape index (κ2) is 6.24. The van der Waals surface area contributed by atoms with Crippen molar-refractivity contribution >= 4 is 11.7 Å². The molecule has 1 aromatic heterocycles. The lowest BCUT2D eigenvalue weighted by molar-refractivity contribution is 0.246. The van der Waals surface area contributed by atoms with Gasteiger partial charge >= 0.3 is 6.03 Å². The van der Waals surface area contributed by atoms with Gasteiger partial charge in [0.15, 0.2) is 0 Å². The molecule has 3 aromatic rings. The van der Waals surface area contributed by atoms with Crippen LogP contribution in [0, 0.1) is 0 Å². The number of benzene rings is 2. The van der Waals surface area contributed by atoms with Gasteiger partial charge in [0.25, 0.3) is 0 Å². The van der Waals surface area contributed by atoms with Gasteiger partial charge in [0.2, 0.25) is 0 Å². The highest BCUT2D eigenvalue weighted by molar-refractivity contribution is 5.94. The van der Waals surface area contributed by atoms with Crippen molar-refractivity contribution in [2.24, 2.45) is 0 Å². The molecule has 1 aliphatic heterocycles. The van der Waals surface area contributed by atoms with E-state index >= 15 is 0 Å². The fraction of sp³-hybridized carbons (Fsp3) is 0.150. The maximum absolute atomic E-state index is 12.7. The van der Waals surface area contributed by atoms with Crippen LogP contribution >= 0.6 is 0 Å². The first kappa shape index (κ1) is 14.6. The van der Waals surface area contributed by atoms with E-state index in [-0.39, 0.29) is 6.03 Å². The van der Waals surface area contributed by atoms with Crippen molar-refractivity contribution < 1.29 is 4.79 Å². The standard InChI is InChI=1S/C20H19N3O/c24-20(21-13-12-16-7-2-1-3-8-16)23-15-17-9-6-14-22(17)18-10-4-5-11-19(18)23/h1-11,14H,12-13,15H2,(H,21,24). The molecule has 4 rings (SSSR count). The summed E-state index contributed by atoms with van der Waals surface area (Å²) < 4.78 is 2.14. The summed E-state index contributed by atoms with van der Waals surface area (Å²) in [6.07, 6.45) is 2.87. The van der Waals surface area contributed by atoms with E-state index in [2.05, 4.69) is 28.1 Å². The number of hydrogen-bond donors (Lipinski definition) is 1. The Balaban J connectivity index is 1.49. The quantitative estimate of drug-likeness (QED) is 0.785. The monoisotopic (exact) mass is 317 g/mol. The molecule has 4 nitrogen and oxygen atoms in total. The largest absolute Gasteiger partial charge is 0.337 e. The molecular weight excluding hydrogens is 298 g/mol. The Labute approximate surface area is 141 Å². The summed E-state index contributed by atoms with van der Waals surface area (Å²) in [7, 11) is 0. The van der Waals surface area contributed by atoms with Crippen LogP contribution in [0.25, 0.3) is 5.69 Å². The number of amides is 2. The van der Waals surface area contributed by atoms with E-state index in [4.69, 9.17) is 0 Å². The van der Waals surface area contributed by atoms with Crippen molar-refractivity contribution in [2.45, 2.75) is 13.0 Å². The Morgan fingerprint density at radius 3 is 2.50 bits per heavy atom. The van der Waals surface area contributed by atoms with Crippen LogP contribution in [-0.2, 0) is 13.0 Å². The Morgan fingerprint density at radius 2 is 1.67 bits per heavy atom. The molecule has 0 fully saturated rings. The van der Waals surface area contributed by atoms with Gasteiger partial charge in [0, 0.05) is 18.4 Å². The zero-order chi connectivity index (χ0) is 16.4. The van der Waals surface area contributed by atoms with Gasteiger partial charge in [0.05, 0.1) is 17.9 Å². The number of nitrogens with zero attached hydrogens (tertiary/aromatic N) is 2. The summed E-state index contributed by atoms with van der Waals surface area (Å²) in [6.45, 7) is 1.21. The van der Waals surface area contributed by atoms with Gasteiger partial charge in [0.1, 0.15) is 0 Å². The van der Waals surface area contributed by atoms with Crippen molar-refractivity contribution in [1.29, 1.82) is 0 Å². The van der Waals surface area contributed by atoms with Crippen molar-refractivity contribution in [2.75, 3.05) is 11.4 Å². The van der Waals surface area contributed by atoms with Crippen LogP contribution in [0.15, 0.2) is 72.9 Å². The zero-order valence-corrected chi connectivity index (χ0v) is 13.4. The number of rotatable bonds is 3. The molecule has 1 aliphatic rings. The number of carbonyl (C=O) groups is 1. The first-order valence-corrected chi connectivity index (χ1v) is 8.18. The van der Waals surface area contributed by atoms with E-state index in [1.807, 2.05) is 59.6 Å². The van der Waals surface area contributed by atoms with E-state index in [9.17, 15) is 4.79 Å². The third-order valence-electron chi connectivity index (χ3n) is 4.36. The fourth-order valence-electron chi connectivity index (χ4n) is 3.16. The average molecular weight is 317 g/mol. The Kier molecular flexibility index (Phi) is 3.79. The Hall–Kier alpha value is -3.01. The molecule has 2 aromatic carbocycles.